The normalized spacial score (nSPS) is 18.0. The molecule has 1 aliphatic rings. The van der Waals surface area contributed by atoms with E-state index >= 15 is 0 Å². The van der Waals surface area contributed by atoms with Crippen LogP contribution in [0.25, 0.3) is 22.4 Å². The third-order valence-corrected chi connectivity index (χ3v) is 6.86. The largest absolute Gasteiger partial charge is 0.497 e. The molecule has 1 fully saturated rings. The Bertz CT molecular complexity index is 1230. The number of ether oxygens (including phenoxy) is 1. The maximum atomic E-state index is 12.9. The number of nitrogens with one attached hydrogen (secondary N) is 1. The molecule has 1 atom stereocenters. The van der Waals surface area contributed by atoms with Crippen molar-refractivity contribution < 1.29 is 23.3 Å². The van der Waals surface area contributed by atoms with Crippen molar-refractivity contribution in [3.05, 3.63) is 30.5 Å². The van der Waals surface area contributed by atoms with Crippen LogP contribution < -0.4 is 5.46 Å². The van der Waals surface area contributed by atoms with Crippen molar-refractivity contribution in [2.45, 2.75) is 91.6 Å². The summed E-state index contributed by atoms with van der Waals surface area (Å²) >= 11 is 0. The highest BCUT2D eigenvalue weighted by atomic mass is 16.7. The van der Waals surface area contributed by atoms with Crippen LogP contribution in [0.2, 0.25) is 0 Å². The van der Waals surface area contributed by atoms with Crippen molar-refractivity contribution in [3.63, 3.8) is 0 Å². The van der Waals surface area contributed by atoms with Gasteiger partial charge in [0.2, 0.25) is 0 Å². The van der Waals surface area contributed by atoms with Gasteiger partial charge in [-0.2, -0.15) is 0 Å². The minimum atomic E-state index is -0.575. The molecule has 3 heterocycles. The number of hydrogen-bond acceptors (Lipinski definition) is 7. The molecular formula is C26H37BN4O5. The number of amides is 1. The number of rotatable bonds is 6. The molecule has 1 saturated heterocycles. The SMILES string of the molecule is CCCN(C(=O)OC(C)(C)C)C(C)c1ncc(-c2ccc(B3OC(C)(C)C(C)(C)O3)c3ncoc23)[nH]1. The Morgan fingerprint density at radius 2 is 1.83 bits per heavy atom. The molecule has 0 aliphatic carbocycles. The molecule has 1 aromatic carbocycles. The van der Waals surface area contributed by atoms with Gasteiger partial charge in [-0.25, -0.2) is 14.8 Å². The van der Waals surface area contributed by atoms with Crippen molar-refractivity contribution in [1.29, 1.82) is 0 Å². The predicted molar refractivity (Wildman–Crippen MR) is 139 cm³/mol. The van der Waals surface area contributed by atoms with E-state index in [0.29, 0.717) is 23.5 Å². The topological polar surface area (TPSA) is 103 Å². The van der Waals surface area contributed by atoms with Crippen LogP contribution in [0.15, 0.2) is 29.1 Å². The lowest BCUT2D eigenvalue weighted by Gasteiger charge is -2.32. The van der Waals surface area contributed by atoms with Gasteiger partial charge < -0.3 is 23.4 Å². The number of carbonyl (C=O) groups is 1. The van der Waals surface area contributed by atoms with Gasteiger partial charge in [0.05, 0.1) is 29.1 Å². The number of fused-ring (bicyclic) bond motifs is 1. The van der Waals surface area contributed by atoms with Crippen LogP contribution in [-0.2, 0) is 14.0 Å². The summed E-state index contributed by atoms with van der Waals surface area (Å²) in [5.74, 6) is 0.659. The molecule has 1 amide bonds. The molecule has 1 unspecified atom stereocenters. The molecule has 0 bridgehead atoms. The van der Waals surface area contributed by atoms with Crippen molar-refractivity contribution in [2.24, 2.45) is 0 Å². The summed E-state index contributed by atoms with van der Waals surface area (Å²) in [6, 6.07) is 3.60. The Morgan fingerprint density at radius 3 is 2.44 bits per heavy atom. The summed E-state index contributed by atoms with van der Waals surface area (Å²) in [7, 11) is -0.551. The second-order valence-corrected chi connectivity index (χ2v) is 11.4. The fourth-order valence-electron chi connectivity index (χ4n) is 4.18. The Labute approximate surface area is 213 Å². The first-order chi connectivity index (χ1) is 16.7. The third kappa shape index (κ3) is 4.88. The molecule has 194 valence electrons. The highest BCUT2D eigenvalue weighted by Crippen LogP contribution is 2.37. The van der Waals surface area contributed by atoms with E-state index in [1.807, 2.05) is 74.4 Å². The molecule has 3 aromatic rings. The molecule has 0 spiro atoms. The average molecular weight is 496 g/mol. The van der Waals surface area contributed by atoms with Crippen LogP contribution in [0.1, 0.15) is 80.6 Å². The van der Waals surface area contributed by atoms with Gasteiger partial charge in [-0.3, -0.25) is 4.90 Å². The minimum Gasteiger partial charge on any atom is -0.444 e. The highest BCUT2D eigenvalue weighted by Gasteiger charge is 2.52. The molecule has 4 rings (SSSR count). The highest BCUT2D eigenvalue weighted by molar-refractivity contribution is 6.65. The van der Waals surface area contributed by atoms with E-state index in [4.69, 9.17) is 18.5 Å². The minimum absolute atomic E-state index is 0.303. The van der Waals surface area contributed by atoms with Crippen LogP contribution >= 0.6 is 0 Å². The second-order valence-electron chi connectivity index (χ2n) is 11.4. The van der Waals surface area contributed by atoms with E-state index in [1.165, 1.54) is 6.39 Å². The van der Waals surface area contributed by atoms with Crippen LogP contribution in [0, 0.1) is 0 Å². The van der Waals surface area contributed by atoms with Gasteiger partial charge in [-0.15, -0.1) is 0 Å². The summed E-state index contributed by atoms with van der Waals surface area (Å²) in [5, 5.41) is 0. The Kier molecular flexibility index (Phi) is 6.72. The lowest BCUT2D eigenvalue weighted by atomic mass is 9.77. The van der Waals surface area contributed by atoms with Gasteiger partial charge in [-0.05, 0) is 67.9 Å². The zero-order chi connectivity index (χ0) is 26.5. The number of H-pyrrole nitrogens is 1. The number of oxazole rings is 1. The van der Waals surface area contributed by atoms with Crippen LogP contribution in [-0.4, -0.2) is 56.4 Å². The van der Waals surface area contributed by atoms with E-state index in [-0.39, 0.29) is 12.1 Å². The lowest BCUT2D eigenvalue weighted by Crippen LogP contribution is -2.41. The molecule has 2 aromatic heterocycles. The zero-order valence-corrected chi connectivity index (χ0v) is 22.8. The smallest absolute Gasteiger partial charge is 0.444 e. The first-order valence-corrected chi connectivity index (χ1v) is 12.5. The summed E-state index contributed by atoms with van der Waals surface area (Å²) in [4.78, 5) is 27.0. The van der Waals surface area contributed by atoms with Crippen molar-refractivity contribution in [1.82, 2.24) is 19.9 Å². The van der Waals surface area contributed by atoms with Gasteiger partial charge >= 0.3 is 13.2 Å². The summed E-state index contributed by atoms with van der Waals surface area (Å²) in [5.41, 5.74) is 2.19. The van der Waals surface area contributed by atoms with Crippen molar-refractivity contribution >= 4 is 29.8 Å². The Morgan fingerprint density at radius 1 is 1.17 bits per heavy atom. The summed E-state index contributed by atoms with van der Waals surface area (Å²) in [6.45, 7) is 18.2. The quantitative estimate of drug-likeness (QED) is 0.467. The van der Waals surface area contributed by atoms with E-state index in [9.17, 15) is 4.79 Å². The molecule has 36 heavy (non-hydrogen) atoms. The Balaban J connectivity index is 1.63. The van der Waals surface area contributed by atoms with Crippen molar-refractivity contribution in [2.75, 3.05) is 6.54 Å². The fourth-order valence-corrected chi connectivity index (χ4v) is 4.18. The average Bonchev–Trinajstić information content (AvgIpc) is 3.48. The monoisotopic (exact) mass is 496 g/mol. The first kappa shape index (κ1) is 26.2. The molecule has 9 nitrogen and oxygen atoms in total. The van der Waals surface area contributed by atoms with Gasteiger partial charge in [0.1, 0.15) is 16.9 Å². The Hall–Kier alpha value is -2.85. The summed E-state index contributed by atoms with van der Waals surface area (Å²) in [6.07, 6.45) is 3.61. The third-order valence-electron chi connectivity index (χ3n) is 6.86. The van der Waals surface area contributed by atoms with Crippen LogP contribution in [0.5, 0.6) is 0 Å². The standard InChI is InChI=1S/C26H37BN4O5/c1-10-13-31(23(32)34-24(3,4)5)16(2)22-28-14-19(30-22)17-11-12-18(20-21(17)33-15-29-20)27-35-25(6,7)26(8,9)36-27/h11-12,14-16H,10,13H2,1-9H3,(H,28,30). The first-order valence-electron chi connectivity index (χ1n) is 12.5. The number of imidazole rings is 1. The summed E-state index contributed by atoms with van der Waals surface area (Å²) < 4.78 is 23.9. The number of carbonyl (C=O) groups excluding carboxylic acids is 1. The number of aromatic amines is 1. The van der Waals surface area contributed by atoms with Crippen molar-refractivity contribution in [3.8, 4) is 11.3 Å². The number of nitrogens with zero attached hydrogens (tertiary/aromatic N) is 3. The van der Waals surface area contributed by atoms with E-state index in [1.54, 1.807) is 11.1 Å². The number of benzene rings is 1. The molecular weight excluding hydrogens is 459 g/mol. The maximum absolute atomic E-state index is 12.9. The van der Waals surface area contributed by atoms with Gasteiger partial charge in [0.15, 0.2) is 12.0 Å². The van der Waals surface area contributed by atoms with E-state index in [2.05, 4.69) is 15.0 Å². The van der Waals surface area contributed by atoms with Gasteiger partial charge in [0.25, 0.3) is 0 Å². The predicted octanol–water partition coefficient (Wildman–Crippen LogP) is 5.23. The van der Waals surface area contributed by atoms with Gasteiger partial charge in [0, 0.05) is 17.6 Å². The van der Waals surface area contributed by atoms with Crippen LogP contribution in [0.3, 0.4) is 0 Å². The van der Waals surface area contributed by atoms with E-state index < -0.39 is 23.9 Å². The fraction of sp³-hybridized carbons (Fsp3) is 0.577. The maximum Gasteiger partial charge on any atom is 0.497 e. The van der Waals surface area contributed by atoms with Gasteiger partial charge in [-0.1, -0.05) is 13.0 Å². The molecule has 0 saturated carbocycles. The molecule has 1 aliphatic heterocycles. The lowest BCUT2D eigenvalue weighted by molar-refractivity contribution is 0.00578. The van der Waals surface area contributed by atoms with Crippen LogP contribution in [0.4, 0.5) is 4.79 Å². The molecule has 10 heteroatoms. The second kappa shape index (κ2) is 9.23. The number of hydrogen-bond donors (Lipinski definition) is 1. The number of aromatic nitrogens is 3. The van der Waals surface area contributed by atoms with E-state index in [0.717, 1.165) is 23.1 Å². The zero-order valence-electron chi connectivity index (χ0n) is 22.8. The molecule has 1 N–H and O–H groups in total. The molecule has 0 radical (unpaired) electrons.